The first kappa shape index (κ1) is 15.8. The number of rotatable bonds is 5. The molecule has 6 nitrogen and oxygen atoms in total. The van der Waals surface area contributed by atoms with Gasteiger partial charge in [0.25, 0.3) is 0 Å². The second-order valence-electron chi connectivity index (χ2n) is 6.41. The van der Waals surface area contributed by atoms with E-state index in [1.54, 1.807) is 0 Å². The van der Waals surface area contributed by atoms with E-state index in [9.17, 15) is 0 Å². The number of ether oxygens (including phenoxy) is 1. The molecule has 1 heterocycles. The van der Waals surface area contributed by atoms with Gasteiger partial charge in [-0.15, -0.1) is 0 Å². The van der Waals surface area contributed by atoms with Gasteiger partial charge < -0.3 is 15.8 Å². The Labute approximate surface area is 126 Å². The van der Waals surface area contributed by atoms with Gasteiger partial charge in [0.2, 0.25) is 11.9 Å². The number of nitrogens with one attached hydrogen (secondary N) is 1. The highest BCUT2D eigenvalue weighted by molar-refractivity contribution is 5.34. The molecule has 1 aromatic rings. The maximum absolute atomic E-state index is 5.75. The summed E-state index contributed by atoms with van der Waals surface area (Å²) in [5, 5.41) is 3.44. The summed E-state index contributed by atoms with van der Waals surface area (Å²) >= 11 is 0. The predicted molar refractivity (Wildman–Crippen MR) is 84.2 cm³/mol. The number of nitrogens with two attached hydrogens (primary N) is 1. The number of anilines is 2. The third-order valence-electron chi connectivity index (χ3n) is 3.96. The first-order chi connectivity index (χ1) is 9.95. The van der Waals surface area contributed by atoms with Gasteiger partial charge in [-0.05, 0) is 38.5 Å². The first-order valence-electron chi connectivity index (χ1n) is 7.90. The lowest BCUT2D eigenvalue weighted by Gasteiger charge is -2.34. The van der Waals surface area contributed by atoms with Crippen LogP contribution in [0, 0.1) is 11.8 Å². The van der Waals surface area contributed by atoms with Crippen LogP contribution in [0.15, 0.2) is 0 Å². The molecule has 1 aromatic heterocycles. The topological polar surface area (TPSA) is 86.0 Å². The van der Waals surface area contributed by atoms with Crippen molar-refractivity contribution in [1.82, 2.24) is 15.0 Å². The maximum atomic E-state index is 5.75. The van der Waals surface area contributed by atoms with Crippen LogP contribution in [0.5, 0.6) is 6.01 Å². The largest absolute Gasteiger partial charge is 0.461 e. The van der Waals surface area contributed by atoms with Crippen LogP contribution in [-0.2, 0) is 0 Å². The molecule has 1 aliphatic carbocycles. The zero-order chi connectivity index (χ0) is 15.4. The normalized spacial score (nSPS) is 22.6. The van der Waals surface area contributed by atoms with Crippen molar-refractivity contribution in [3.63, 3.8) is 0 Å². The molecule has 0 amide bonds. The lowest BCUT2D eigenvalue weighted by atomic mass is 9.78. The minimum Gasteiger partial charge on any atom is -0.461 e. The van der Waals surface area contributed by atoms with Gasteiger partial charge in [0.1, 0.15) is 0 Å². The molecule has 2 rings (SSSR count). The molecule has 6 heteroatoms. The van der Waals surface area contributed by atoms with Crippen molar-refractivity contribution in [2.45, 2.75) is 65.5 Å². The van der Waals surface area contributed by atoms with Crippen LogP contribution >= 0.6 is 0 Å². The molecule has 0 radical (unpaired) electrons. The molecule has 2 atom stereocenters. The Morgan fingerprint density at radius 3 is 2.48 bits per heavy atom. The van der Waals surface area contributed by atoms with Gasteiger partial charge in [0.15, 0.2) is 0 Å². The van der Waals surface area contributed by atoms with Gasteiger partial charge in [-0.2, -0.15) is 15.0 Å². The number of nitrogens with zero attached hydrogens (tertiary/aromatic N) is 3. The molecular formula is C15H27N5O. The van der Waals surface area contributed by atoms with Crippen LogP contribution in [0.25, 0.3) is 0 Å². The lowest BCUT2D eigenvalue weighted by Crippen LogP contribution is -2.36. The molecule has 0 spiro atoms. The van der Waals surface area contributed by atoms with Crippen LogP contribution in [0.1, 0.15) is 53.4 Å². The van der Waals surface area contributed by atoms with Gasteiger partial charge in [-0.3, -0.25) is 0 Å². The summed E-state index contributed by atoms with van der Waals surface area (Å²) in [6, 6.07) is 0.685. The Balaban J connectivity index is 2.12. The van der Waals surface area contributed by atoms with E-state index < -0.39 is 0 Å². The Morgan fingerprint density at radius 2 is 1.81 bits per heavy atom. The monoisotopic (exact) mass is 293 g/mol. The fraction of sp³-hybridized carbons (Fsp3) is 0.800. The minimum atomic E-state index is 0.0118. The summed E-state index contributed by atoms with van der Waals surface area (Å²) in [7, 11) is 0. The zero-order valence-corrected chi connectivity index (χ0v) is 13.5. The van der Waals surface area contributed by atoms with Crippen molar-refractivity contribution in [1.29, 1.82) is 0 Å². The smallest absolute Gasteiger partial charge is 0.323 e. The van der Waals surface area contributed by atoms with Crippen molar-refractivity contribution in [2.75, 3.05) is 11.1 Å². The molecule has 0 bridgehead atoms. The molecule has 21 heavy (non-hydrogen) atoms. The van der Waals surface area contributed by atoms with Crippen LogP contribution in [0.2, 0.25) is 0 Å². The molecule has 1 fully saturated rings. The van der Waals surface area contributed by atoms with E-state index in [-0.39, 0.29) is 18.1 Å². The Kier molecular flexibility index (Phi) is 5.20. The Morgan fingerprint density at radius 1 is 1.10 bits per heavy atom. The number of hydrogen-bond donors (Lipinski definition) is 2. The van der Waals surface area contributed by atoms with E-state index >= 15 is 0 Å². The predicted octanol–water partition coefficient (Wildman–Crippen LogP) is 2.87. The van der Waals surface area contributed by atoms with Gasteiger partial charge in [-0.25, -0.2) is 0 Å². The number of aromatic nitrogens is 3. The highest BCUT2D eigenvalue weighted by atomic mass is 16.5. The average molecular weight is 293 g/mol. The molecule has 0 saturated heterocycles. The molecule has 2 unspecified atom stereocenters. The van der Waals surface area contributed by atoms with Crippen molar-refractivity contribution >= 4 is 11.9 Å². The summed E-state index contributed by atoms with van der Waals surface area (Å²) in [4.78, 5) is 12.5. The van der Waals surface area contributed by atoms with E-state index in [0.717, 1.165) is 6.42 Å². The van der Waals surface area contributed by atoms with Gasteiger partial charge >= 0.3 is 6.01 Å². The van der Waals surface area contributed by atoms with E-state index in [1.807, 2.05) is 13.8 Å². The van der Waals surface area contributed by atoms with E-state index in [2.05, 4.69) is 34.1 Å². The third-order valence-corrected chi connectivity index (χ3v) is 3.96. The standard InChI is InChI=1S/C15H27N5O/c1-9(2)11-7-5-6-8-12(11)17-14-18-13(16)19-15(20-14)21-10(3)4/h9-12H,5-8H2,1-4H3,(H3,16,17,18,19,20). The second-order valence-corrected chi connectivity index (χ2v) is 6.41. The average Bonchev–Trinajstić information content (AvgIpc) is 2.37. The van der Waals surface area contributed by atoms with Crippen molar-refractivity contribution in [3.8, 4) is 6.01 Å². The van der Waals surface area contributed by atoms with Crippen molar-refractivity contribution < 1.29 is 4.74 Å². The zero-order valence-electron chi connectivity index (χ0n) is 13.5. The molecule has 118 valence electrons. The quantitative estimate of drug-likeness (QED) is 0.868. The van der Waals surface area contributed by atoms with Gasteiger partial charge in [0.05, 0.1) is 6.10 Å². The summed E-state index contributed by atoms with van der Waals surface area (Å²) in [5.41, 5.74) is 5.75. The lowest BCUT2D eigenvalue weighted by molar-refractivity contribution is 0.221. The molecule has 3 N–H and O–H groups in total. The maximum Gasteiger partial charge on any atom is 0.323 e. The Hall–Kier alpha value is -1.59. The number of hydrogen-bond acceptors (Lipinski definition) is 6. The highest BCUT2D eigenvalue weighted by Gasteiger charge is 2.28. The Bertz CT molecular complexity index is 463. The molecular weight excluding hydrogens is 266 g/mol. The summed E-state index contributed by atoms with van der Waals surface area (Å²) < 4.78 is 5.52. The summed E-state index contributed by atoms with van der Waals surface area (Å²) in [5.74, 6) is 2.01. The third kappa shape index (κ3) is 4.44. The van der Waals surface area contributed by atoms with Crippen molar-refractivity contribution in [3.05, 3.63) is 0 Å². The first-order valence-corrected chi connectivity index (χ1v) is 7.90. The molecule has 0 aliphatic heterocycles. The van der Waals surface area contributed by atoms with Gasteiger partial charge in [-0.1, -0.05) is 26.7 Å². The van der Waals surface area contributed by atoms with Crippen LogP contribution < -0.4 is 15.8 Å². The molecule has 1 saturated carbocycles. The second kappa shape index (κ2) is 6.91. The van der Waals surface area contributed by atoms with Crippen molar-refractivity contribution in [2.24, 2.45) is 11.8 Å². The minimum absolute atomic E-state index is 0.0118. The van der Waals surface area contributed by atoms with E-state index in [4.69, 9.17) is 10.5 Å². The SMILES string of the molecule is CC(C)Oc1nc(N)nc(NC2CCCCC2C(C)C)n1. The van der Waals surface area contributed by atoms with E-state index in [0.29, 0.717) is 23.8 Å². The van der Waals surface area contributed by atoms with Crippen LogP contribution in [0.4, 0.5) is 11.9 Å². The van der Waals surface area contributed by atoms with Gasteiger partial charge in [0, 0.05) is 6.04 Å². The van der Waals surface area contributed by atoms with Crippen LogP contribution in [-0.4, -0.2) is 27.1 Å². The summed E-state index contributed by atoms with van der Waals surface area (Å²) in [6.07, 6.45) is 4.97. The summed E-state index contributed by atoms with van der Waals surface area (Å²) in [6.45, 7) is 8.42. The highest BCUT2D eigenvalue weighted by Crippen LogP contribution is 2.31. The number of nitrogen functional groups attached to an aromatic ring is 1. The molecule has 0 aromatic carbocycles. The fourth-order valence-electron chi connectivity index (χ4n) is 3.00. The fourth-order valence-corrected chi connectivity index (χ4v) is 3.00. The van der Waals surface area contributed by atoms with Crippen LogP contribution in [0.3, 0.4) is 0 Å². The molecule has 1 aliphatic rings. The van der Waals surface area contributed by atoms with E-state index in [1.165, 1.54) is 19.3 Å².